The van der Waals surface area contributed by atoms with Gasteiger partial charge in [-0.1, -0.05) is 41.7 Å². The highest BCUT2D eigenvalue weighted by atomic mass is 32.1. The van der Waals surface area contributed by atoms with Crippen LogP contribution in [0.15, 0.2) is 54.9 Å². The monoisotopic (exact) mass is 296 g/mol. The summed E-state index contributed by atoms with van der Waals surface area (Å²) in [5.41, 5.74) is 1.56. The normalized spacial score (nSPS) is 10.3. The van der Waals surface area contributed by atoms with Gasteiger partial charge in [0.2, 0.25) is 0 Å². The fourth-order valence-corrected chi connectivity index (χ4v) is 2.56. The first-order chi connectivity index (χ1) is 10.3. The Bertz CT molecular complexity index is 728. The van der Waals surface area contributed by atoms with Crippen molar-refractivity contribution in [2.45, 2.75) is 6.54 Å². The van der Waals surface area contributed by atoms with E-state index in [2.05, 4.69) is 20.5 Å². The zero-order valence-corrected chi connectivity index (χ0v) is 11.9. The third kappa shape index (κ3) is 3.29. The maximum Gasteiger partial charge on any atom is 0.253 e. The maximum absolute atomic E-state index is 11.9. The summed E-state index contributed by atoms with van der Waals surface area (Å²) in [6.45, 7) is 0.359. The fraction of sp³-hybridized carbons (Fsp3) is 0.0667. The molecule has 3 aromatic rings. The zero-order valence-electron chi connectivity index (χ0n) is 11.1. The van der Waals surface area contributed by atoms with Crippen LogP contribution in [-0.4, -0.2) is 21.1 Å². The second kappa shape index (κ2) is 6.23. The second-order valence-corrected chi connectivity index (χ2v) is 5.35. The quantitative estimate of drug-likeness (QED) is 0.803. The highest BCUT2D eigenvalue weighted by Crippen LogP contribution is 2.22. The zero-order chi connectivity index (χ0) is 14.5. The van der Waals surface area contributed by atoms with Crippen molar-refractivity contribution in [3.05, 3.63) is 65.4 Å². The molecule has 5 nitrogen and oxygen atoms in total. The first-order valence-corrected chi connectivity index (χ1v) is 7.20. The smallest absolute Gasteiger partial charge is 0.253 e. The lowest BCUT2D eigenvalue weighted by atomic mass is 10.2. The van der Waals surface area contributed by atoms with Gasteiger partial charge >= 0.3 is 0 Å². The largest absolute Gasteiger partial charge is 0.345 e. The lowest BCUT2D eigenvalue weighted by Gasteiger charge is -2.01. The number of nitrogens with one attached hydrogen (secondary N) is 1. The van der Waals surface area contributed by atoms with E-state index in [1.165, 1.54) is 17.5 Å². The molecule has 0 spiro atoms. The minimum absolute atomic E-state index is 0.167. The number of hydrogen-bond donors (Lipinski definition) is 1. The molecule has 0 saturated heterocycles. The molecule has 0 atom stereocenters. The van der Waals surface area contributed by atoms with Crippen molar-refractivity contribution in [2.24, 2.45) is 0 Å². The van der Waals surface area contributed by atoms with E-state index in [1.807, 2.05) is 30.3 Å². The maximum atomic E-state index is 11.9. The molecule has 3 rings (SSSR count). The lowest BCUT2D eigenvalue weighted by Crippen LogP contribution is -2.22. The Morgan fingerprint density at radius 3 is 2.71 bits per heavy atom. The molecule has 0 radical (unpaired) electrons. The van der Waals surface area contributed by atoms with E-state index in [9.17, 15) is 4.79 Å². The Labute approximate surface area is 125 Å². The van der Waals surface area contributed by atoms with Gasteiger partial charge in [-0.3, -0.25) is 9.78 Å². The number of nitrogens with zero attached hydrogens (tertiary/aromatic N) is 3. The Kier molecular flexibility index (Phi) is 3.97. The third-order valence-electron chi connectivity index (χ3n) is 2.81. The van der Waals surface area contributed by atoms with Gasteiger partial charge < -0.3 is 5.32 Å². The molecule has 2 heterocycles. The molecule has 0 unspecified atom stereocenters. The molecule has 1 amide bonds. The summed E-state index contributed by atoms with van der Waals surface area (Å²) in [5.74, 6) is -0.167. The summed E-state index contributed by atoms with van der Waals surface area (Å²) in [6.07, 6.45) is 3.17. The van der Waals surface area contributed by atoms with E-state index in [-0.39, 0.29) is 5.91 Å². The molecule has 0 aliphatic heterocycles. The van der Waals surface area contributed by atoms with Crippen LogP contribution in [0, 0.1) is 0 Å². The van der Waals surface area contributed by atoms with Gasteiger partial charge in [0, 0.05) is 18.0 Å². The summed E-state index contributed by atoms with van der Waals surface area (Å²) in [4.78, 5) is 15.8. The second-order valence-electron chi connectivity index (χ2n) is 4.29. The van der Waals surface area contributed by atoms with Gasteiger partial charge in [0.1, 0.15) is 10.0 Å². The molecule has 0 aliphatic carbocycles. The van der Waals surface area contributed by atoms with E-state index in [1.54, 1.807) is 18.3 Å². The van der Waals surface area contributed by atoms with Crippen molar-refractivity contribution in [3.8, 4) is 10.6 Å². The first kappa shape index (κ1) is 13.4. The molecule has 1 aromatic carbocycles. The van der Waals surface area contributed by atoms with Crippen LogP contribution in [0.5, 0.6) is 0 Å². The summed E-state index contributed by atoms with van der Waals surface area (Å²) in [6, 6.07) is 13.3. The van der Waals surface area contributed by atoms with Gasteiger partial charge in [-0.2, -0.15) is 0 Å². The number of amides is 1. The van der Waals surface area contributed by atoms with Gasteiger partial charge in [-0.05, 0) is 12.1 Å². The van der Waals surface area contributed by atoms with Crippen molar-refractivity contribution < 1.29 is 4.79 Å². The Balaban J connectivity index is 1.64. The van der Waals surface area contributed by atoms with Crippen LogP contribution in [0.4, 0.5) is 0 Å². The van der Waals surface area contributed by atoms with Gasteiger partial charge in [0.15, 0.2) is 0 Å². The average molecular weight is 296 g/mol. The van der Waals surface area contributed by atoms with E-state index in [4.69, 9.17) is 0 Å². The Morgan fingerprint density at radius 1 is 1.10 bits per heavy atom. The van der Waals surface area contributed by atoms with Gasteiger partial charge in [0.05, 0.1) is 12.1 Å². The van der Waals surface area contributed by atoms with Crippen LogP contribution in [0.3, 0.4) is 0 Å². The summed E-state index contributed by atoms with van der Waals surface area (Å²) < 4.78 is 0. The molecule has 0 bridgehead atoms. The van der Waals surface area contributed by atoms with Crippen LogP contribution >= 0.6 is 11.3 Å². The number of hydrogen-bond acceptors (Lipinski definition) is 5. The standard InChI is InChI=1S/C15H12N4OS/c20-14(12-7-4-8-16-9-12)17-10-13-18-19-15(21-13)11-5-2-1-3-6-11/h1-9H,10H2,(H,17,20). The van der Waals surface area contributed by atoms with E-state index >= 15 is 0 Å². The van der Waals surface area contributed by atoms with Crippen LogP contribution in [0.1, 0.15) is 15.4 Å². The number of benzene rings is 1. The topological polar surface area (TPSA) is 67.8 Å². The summed E-state index contributed by atoms with van der Waals surface area (Å²) >= 11 is 1.47. The van der Waals surface area contributed by atoms with Crippen molar-refractivity contribution in [2.75, 3.05) is 0 Å². The minimum atomic E-state index is -0.167. The molecule has 0 fully saturated rings. The Morgan fingerprint density at radius 2 is 1.95 bits per heavy atom. The average Bonchev–Trinajstić information content (AvgIpc) is 3.03. The van der Waals surface area contributed by atoms with Gasteiger partial charge in [-0.25, -0.2) is 0 Å². The number of pyridine rings is 1. The van der Waals surface area contributed by atoms with Crippen LogP contribution in [0.25, 0.3) is 10.6 Å². The minimum Gasteiger partial charge on any atom is -0.345 e. The lowest BCUT2D eigenvalue weighted by molar-refractivity contribution is 0.0950. The highest BCUT2D eigenvalue weighted by molar-refractivity contribution is 7.14. The van der Waals surface area contributed by atoms with E-state index < -0.39 is 0 Å². The molecule has 6 heteroatoms. The van der Waals surface area contributed by atoms with Crippen LogP contribution in [0.2, 0.25) is 0 Å². The molecule has 0 saturated carbocycles. The predicted octanol–water partition coefficient (Wildman–Crippen LogP) is 2.53. The van der Waals surface area contributed by atoms with Crippen molar-refractivity contribution >= 4 is 17.2 Å². The highest BCUT2D eigenvalue weighted by Gasteiger charge is 2.09. The van der Waals surface area contributed by atoms with Gasteiger partial charge in [-0.15, -0.1) is 10.2 Å². The molecule has 21 heavy (non-hydrogen) atoms. The number of carbonyl (C=O) groups is 1. The molecule has 0 aliphatic rings. The molecule has 2 aromatic heterocycles. The molecular formula is C15H12N4OS. The summed E-state index contributed by atoms with van der Waals surface area (Å²) in [5, 5.41) is 12.7. The third-order valence-corrected chi connectivity index (χ3v) is 3.78. The summed E-state index contributed by atoms with van der Waals surface area (Å²) in [7, 11) is 0. The predicted molar refractivity (Wildman–Crippen MR) is 80.8 cm³/mol. The number of aromatic nitrogens is 3. The van der Waals surface area contributed by atoms with Crippen molar-refractivity contribution in [1.29, 1.82) is 0 Å². The van der Waals surface area contributed by atoms with Crippen LogP contribution in [-0.2, 0) is 6.54 Å². The van der Waals surface area contributed by atoms with Crippen molar-refractivity contribution in [3.63, 3.8) is 0 Å². The number of rotatable bonds is 4. The molecule has 1 N–H and O–H groups in total. The fourth-order valence-electron chi connectivity index (χ4n) is 1.78. The van der Waals surface area contributed by atoms with Crippen molar-refractivity contribution in [1.82, 2.24) is 20.5 Å². The van der Waals surface area contributed by atoms with Gasteiger partial charge in [0.25, 0.3) is 5.91 Å². The number of carbonyl (C=O) groups excluding carboxylic acids is 1. The van der Waals surface area contributed by atoms with E-state index in [0.29, 0.717) is 12.1 Å². The SMILES string of the molecule is O=C(NCc1nnc(-c2ccccc2)s1)c1cccnc1. The Hall–Kier alpha value is -2.60. The molecule has 104 valence electrons. The van der Waals surface area contributed by atoms with E-state index in [0.717, 1.165) is 15.6 Å². The first-order valence-electron chi connectivity index (χ1n) is 6.39. The van der Waals surface area contributed by atoms with Crippen LogP contribution < -0.4 is 5.32 Å². The molecular weight excluding hydrogens is 284 g/mol.